The van der Waals surface area contributed by atoms with Crippen LogP contribution in [-0.4, -0.2) is 10.6 Å². The first-order valence-electron chi connectivity index (χ1n) is 18.2. The highest BCUT2D eigenvalue weighted by molar-refractivity contribution is 6.06. The largest absolute Gasteiger partial charge is 0.334 e. The quantitative estimate of drug-likeness (QED) is 0.168. The van der Waals surface area contributed by atoms with Crippen LogP contribution in [-0.2, 0) is 0 Å². The van der Waals surface area contributed by atoms with E-state index >= 15 is 0 Å². The molecule has 0 radical (unpaired) electrons. The molecule has 1 aliphatic heterocycles. The predicted octanol–water partition coefficient (Wildman–Crippen LogP) is 13.0. The predicted molar refractivity (Wildman–Crippen MR) is 216 cm³/mol. The van der Waals surface area contributed by atoms with E-state index in [1.54, 1.807) is 0 Å². The number of nitrogens with zero attached hydrogens (tertiary/aromatic N) is 2. The third-order valence-corrected chi connectivity index (χ3v) is 11.1. The Labute approximate surface area is 300 Å². The summed E-state index contributed by atoms with van der Waals surface area (Å²) in [5, 5.41) is 1.32. The molecule has 6 aromatic carbocycles. The van der Waals surface area contributed by atoms with E-state index in [1.165, 1.54) is 78.2 Å². The monoisotopic (exact) mass is 654 g/mol. The van der Waals surface area contributed by atoms with Crippen molar-refractivity contribution in [1.29, 1.82) is 0 Å². The summed E-state index contributed by atoms with van der Waals surface area (Å²) in [5.74, 6) is 0.423. The van der Waals surface area contributed by atoms with E-state index in [4.69, 9.17) is 0 Å². The van der Waals surface area contributed by atoms with Crippen molar-refractivity contribution in [3.63, 3.8) is 0 Å². The first-order valence-corrected chi connectivity index (χ1v) is 18.2. The summed E-state index contributed by atoms with van der Waals surface area (Å²) in [6.07, 6.45) is 17.3. The van der Waals surface area contributed by atoms with Crippen LogP contribution in [0.15, 0.2) is 170 Å². The lowest BCUT2D eigenvalue weighted by Crippen LogP contribution is -2.29. The first-order chi connectivity index (χ1) is 25.3. The van der Waals surface area contributed by atoms with E-state index in [0.717, 1.165) is 19.3 Å². The highest BCUT2D eigenvalue weighted by atomic mass is 15.2. The lowest BCUT2D eigenvalue weighted by Gasteiger charge is -2.30. The van der Waals surface area contributed by atoms with Crippen LogP contribution in [0.2, 0.25) is 0 Å². The van der Waals surface area contributed by atoms with Crippen LogP contribution >= 0.6 is 0 Å². The van der Waals surface area contributed by atoms with Gasteiger partial charge in [0.2, 0.25) is 0 Å². The van der Waals surface area contributed by atoms with E-state index in [9.17, 15) is 0 Å². The van der Waals surface area contributed by atoms with Gasteiger partial charge in [-0.2, -0.15) is 0 Å². The molecule has 2 heteroatoms. The van der Waals surface area contributed by atoms with Gasteiger partial charge in [0.15, 0.2) is 0 Å². The minimum absolute atomic E-state index is 0.296. The first kappa shape index (κ1) is 29.8. The van der Waals surface area contributed by atoms with Crippen LogP contribution in [0, 0.1) is 0 Å². The number of rotatable bonds is 5. The van der Waals surface area contributed by atoms with Crippen LogP contribution in [0.5, 0.6) is 0 Å². The molecule has 10 rings (SSSR count). The van der Waals surface area contributed by atoms with E-state index in [-0.39, 0.29) is 0 Å². The Morgan fingerprint density at radius 1 is 0.510 bits per heavy atom. The van der Waals surface area contributed by atoms with Gasteiger partial charge in [0.25, 0.3) is 0 Å². The molecule has 0 fully saturated rings. The summed E-state index contributed by atoms with van der Waals surface area (Å²) >= 11 is 0. The SMILES string of the molecule is C1=Cc2c(n(-c3ccc(-c4ccccc4)cc3)c3cccc(-c4cccc5c4C4CCC=CC4N5c4ccc(-c5ccccc5)cc4)c23)C=CC1. The molecule has 3 aliphatic rings. The average Bonchev–Trinajstić information content (AvgIpc) is 3.59. The fourth-order valence-electron chi connectivity index (χ4n) is 8.80. The second-order valence-electron chi connectivity index (χ2n) is 13.9. The molecule has 2 aliphatic carbocycles. The molecule has 0 bridgehead atoms. The highest BCUT2D eigenvalue weighted by Crippen LogP contribution is 2.54. The summed E-state index contributed by atoms with van der Waals surface area (Å²) in [6.45, 7) is 0. The zero-order valence-corrected chi connectivity index (χ0v) is 28.5. The van der Waals surface area contributed by atoms with Crippen molar-refractivity contribution in [2.45, 2.75) is 31.2 Å². The molecule has 2 unspecified atom stereocenters. The van der Waals surface area contributed by atoms with Crippen molar-refractivity contribution in [3.05, 3.63) is 187 Å². The Morgan fingerprint density at radius 2 is 1.14 bits per heavy atom. The second-order valence-corrected chi connectivity index (χ2v) is 13.9. The molecule has 7 aromatic rings. The maximum absolute atomic E-state index is 2.59. The van der Waals surface area contributed by atoms with E-state index in [2.05, 4.69) is 192 Å². The molecule has 0 amide bonds. The van der Waals surface area contributed by atoms with Gasteiger partial charge in [-0.3, -0.25) is 0 Å². The van der Waals surface area contributed by atoms with Crippen molar-refractivity contribution in [1.82, 2.24) is 4.57 Å². The summed E-state index contributed by atoms with van der Waals surface area (Å²) in [4.78, 5) is 2.59. The van der Waals surface area contributed by atoms with Gasteiger partial charge in [0.1, 0.15) is 0 Å². The van der Waals surface area contributed by atoms with E-state index < -0.39 is 0 Å². The minimum atomic E-state index is 0.296. The molecule has 2 nitrogen and oxygen atoms in total. The van der Waals surface area contributed by atoms with Gasteiger partial charge in [-0.1, -0.05) is 140 Å². The standard InChI is InChI=1S/C49H38N2/c1-4-14-34(15-5-1)36-26-30-38(31-27-36)50-44-22-9-3-8-18-42(44)48-40(20-12-24-46(48)50)41-21-13-25-47-49(41)43-19-10-11-23-45(43)51(47)39-32-28-37(29-33-39)35-16-6-2-7-17-35/h1-2,4-9,11-18,20-33,43,45H,3,10,19H2. The zero-order chi connectivity index (χ0) is 33.7. The molecular formula is C49H38N2. The molecule has 0 N–H and O–H groups in total. The lowest BCUT2D eigenvalue weighted by molar-refractivity contribution is 0.573. The Bertz CT molecular complexity index is 2480. The Balaban J connectivity index is 1.13. The Kier molecular flexibility index (Phi) is 7.20. The maximum Gasteiger partial charge on any atom is 0.0592 e. The molecule has 1 aromatic heterocycles. The highest BCUT2D eigenvalue weighted by Gasteiger charge is 2.40. The van der Waals surface area contributed by atoms with Crippen molar-refractivity contribution in [3.8, 4) is 39.1 Å². The normalized spacial score (nSPS) is 17.3. The topological polar surface area (TPSA) is 8.17 Å². The van der Waals surface area contributed by atoms with Gasteiger partial charge in [0, 0.05) is 33.9 Å². The van der Waals surface area contributed by atoms with Gasteiger partial charge >= 0.3 is 0 Å². The zero-order valence-electron chi connectivity index (χ0n) is 28.5. The number of hydrogen-bond acceptors (Lipinski definition) is 1. The molecule has 2 heterocycles. The van der Waals surface area contributed by atoms with Crippen molar-refractivity contribution < 1.29 is 0 Å². The lowest BCUT2D eigenvalue weighted by atomic mass is 9.82. The van der Waals surface area contributed by atoms with Crippen molar-refractivity contribution in [2.24, 2.45) is 0 Å². The summed E-state index contributed by atoms with van der Waals surface area (Å²) < 4.78 is 2.46. The number of hydrogen-bond donors (Lipinski definition) is 0. The smallest absolute Gasteiger partial charge is 0.0592 e. The molecular weight excluding hydrogens is 617 g/mol. The van der Waals surface area contributed by atoms with Gasteiger partial charge in [-0.25, -0.2) is 0 Å². The van der Waals surface area contributed by atoms with Gasteiger partial charge in [-0.05, 0) is 101 Å². The molecule has 0 saturated heterocycles. The van der Waals surface area contributed by atoms with Crippen molar-refractivity contribution in [2.75, 3.05) is 4.90 Å². The molecule has 2 atom stereocenters. The third-order valence-electron chi connectivity index (χ3n) is 11.1. The van der Waals surface area contributed by atoms with Crippen LogP contribution in [0.25, 0.3) is 62.1 Å². The number of anilines is 2. The molecule has 244 valence electrons. The van der Waals surface area contributed by atoms with E-state index in [1.807, 2.05) is 0 Å². The molecule has 51 heavy (non-hydrogen) atoms. The minimum Gasteiger partial charge on any atom is -0.334 e. The van der Waals surface area contributed by atoms with E-state index in [0.29, 0.717) is 12.0 Å². The van der Waals surface area contributed by atoms with Gasteiger partial charge in [-0.15, -0.1) is 0 Å². The summed E-state index contributed by atoms with van der Waals surface area (Å²) in [7, 11) is 0. The Morgan fingerprint density at radius 3 is 1.86 bits per heavy atom. The Hall–Kier alpha value is -6.12. The fraction of sp³-hybridized carbons (Fsp3) is 0.102. The van der Waals surface area contributed by atoms with Crippen LogP contribution in [0.3, 0.4) is 0 Å². The van der Waals surface area contributed by atoms with Crippen LogP contribution < -0.4 is 4.90 Å². The maximum atomic E-state index is 2.59. The van der Waals surface area contributed by atoms with Crippen LogP contribution in [0.4, 0.5) is 11.4 Å². The average molecular weight is 655 g/mol. The van der Waals surface area contributed by atoms with Crippen LogP contribution in [0.1, 0.15) is 42.0 Å². The number of fused-ring (bicyclic) bond motifs is 6. The van der Waals surface area contributed by atoms with Gasteiger partial charge in [0.05, 0.1) is 17.3 Å². The molecule has 0 spiro atoms. The summed E-state index contributed by atoms with van der Waals surface area (Å²) in [5.41, 5.74) is 16.6. The third kappa shape index (κ3) is 4.94. The number of aromatic nitrogens is 1. The number of benzene rings is 6. The molecule has 0 saturated carbocycles. The summed E-state index contributed by atoms with van der Waals surface area (Å²) in [6, 6.07) is 53.7. The fourth-order valence-corrected chi connectivity index (χ4v) is 8.80. The van der Waals surface area contributed by atoms with Crippen molar-refractivity contribution >= 4 is 34.4 Å². The number of allylic oxidation sites excluding steroid dienone is 3. The van der Waals surface area contributed by atoms with Gasteiger partial charge < -0.3 is 9.47 Å². The second kappa shape index (κ2) is 12.3.